The molecule has 0 saturated carbocycles. The van der Waals surface area contributed by atoms with Gasteiger partial charge in [0.15, 0.2) is 0 Å². The Balaban J connectivity index is 1.18. The molecule has 0 spiro atoms. The molecule has 1 aliphatic carbocycles. The summed E-state index contributed by atoms with van der Waals surface area (Å²) in [6.45, 7) is 4.88. The highest BCUT2D eigenvalue weighted by molar-refractivity contribution is 5.81. The quantitative estimate of drug-likeness (QED) is 0.471. The van der Waals surface area contributed by atoms with Crippen molar-refractivity contribution in [3.05, 3.63) is 53.4 Å². The zero-order chi connectivity index (χ0) is 29.0. The minimum Gasteiger partial charge on any atom is -0.493 e. The van der Waals surface area contributed by atoms with Crippen LogP contribution in [0.2, 0.25) is 0 Å². The van der Waals surface area contributed by atoms with Gasteiger partial charge in [-0.3, -0.25) is 4.79 Å². The molecule has 1 N–H and O–H groups in total. The Morgan fingerprint density at radius 2 is 1.76 bits per heavy atom. The van der Waals surface area contributed by atoms with Crippen LogP contribution in [0, 0.1) is 11.8 Å². The molecule has 1 aromatic heterocycles. The monoisotopic (exact) mass is 572 g/mol. The van der Waals surface area contributed by atoms with Gasteiger partial charge in [0.1, 0.15) is 5.75 Å². The molecular formula is C31H39F3N4O3. The minimum atomic E-state index is -4.54. The molecule has 222 valence electrons. The molecule has 1 atom stereocenters. The van der Waals surface area contributed by atoms with Gasteiger partial charge in [0.25, 0.3) is 0 Å². The number of aliphatic hydroxyl groups is 1. The number of rotatable bonds is 7. The SMILES string of the molecule is CCc1cnc(N2CCC(COc3ccc(C4=CCC(C(=O)N5CCC(O)CC5)CC4)cc3C(F)(F)F)CC2)nc1. The molecule has 1 aromatic carbocycles. The largest absolute Gasteiger partial charge is 0.493 e. The molecule has 1 amide bonds. The van der Waals surface area contributed by atoms with E-state index in [0.717, 1.165) is 43.5 Å². The summed E-state index contributed by atoms with van der Waals surface area (Å²) in [7, 11) is 0. The second-order valence-electron chi connectivity index (χ2n) is 11.5. The van der Waals surface area contributed by atoms with Crippen molar-refractivity contribution in [2.75, 3.05) is 37.7 Å². The molecule has 1 unspecified atom stereocenters. The van der Waals surface area contributed by atoms with Gasteiger partial charge < -0.3 is 19.6 Å². The summed E-state index contributed by atoms with van der Waals surface area (Å²) < 4.78 is 48.0. The van der Waals surface area contributed by atoms with Crippen molar-refractivity contribution in [2.24, 2.45) is 11.8 Å². The number of hydrogen-bond donors (Lipinski definition) is 1. The van der Waals surface area contributed by atoms with Crippen molar-refractivity contribution >= 4 is 17.4 Å². The highest BCUT2D eigenvalue weighted by Crippen LogP contribution is 2.40. The molecule has 5 rings (SSSR count). The highest BCUT2D eigenvalue weighted by atomic mass is 19.4. The number of amides is 1. The lowest BCUT2D eigenvalue weighted by molar-refractivity contribution is -0.139. The Morgan fingerprint density at radius 3 is 2.37 bits per heavy atom. The number of carbonyl (C=O) groups excluding carboxylic acids is 1. The number of halogens is 3. The van der Waals surface area contributed by atoms with E-state index in [4.69, 9.17) is 4.74 Å². The first kappa shape index (κ1) is 29.4. The summed E-state index contributed by atoms with van der Waals surface area (Å²) in [5, 5.41) is 9.70. The number of aryl methyl sites for hydroxylation is 1. The van der Waals surface area contributed by atoms with Gasteiger partial charge in [-0.2, -0.15) is 13.2 Å². The van der Waals surface area contributed by atoms with Crippen molar-refractivity contribution in [3.8, 4) is 5.75 Å². The van der Waals surface area contributed by atoms with Gasteiger partial charge in [-0.05, 0) is 86.1 Å². The van der Waals surface area contributed by atoms with E-state index in [1.54, 1.807) is 6.07 Å². The second-order valence-corrected chi connectivity index (χ2v) is 11.5. The number of aliphatic hydroxyl groups excluding tert-OH is 1. The first-order valence-electron chi connectivity index (χ1n) is 14.8. The molecule has 3 aliphatic rings. The summed E-state index contributed by atoms with van der Waals surface area (Å²) in [5.74, 6) is 0.627. The number of likely N-dealkylation sites (tertiary alicyclic amines) is 1. The van der Waals surface area contributed by atoms with Gasteiger partial charge in [0.05, 0.1) is 18.3 Å². The van der Waals surface area contributed by atoms with Crippen LogP contribution in [0.4, 0.5) is 19.1 Å². The lowest BCUT2D eigenvalue weighted by Crippen LogP contribution is -2.43. The molecule has 0 radical (unpaired) electrons. The Labute approximate surface area is 239 Å². The van der Waals surface area contributed by atoms with Crippen LogP contribution >= 0.6 is 0 Å². The fraction of sp³-hybridized carbons (Fsp3) is 0.581. The Hall–Kier alpha value is -3.14. The van der Waals surface area contributed by atoms with Crippen LogP contribution < -0.4 is 9.64 Å². The van der Waals surface area contributed by atoms with E-state index >= 15 is 0 Å². The average molecular weight is 573 g/mol. The van der Waals surface area contributed by atoms with E-state index in [1.165, 1.54) is 12.1 Å². The predicted molar refractivity (Wildman–Crippen MR) is 150 cm³/mol. The van der Waals surface area contributed by atoms with Crippen LogP contribution in [-0.4, -0.2) is 64.8 Å². The van der Waals surface area contributed by atoms with E-state index in [0.29, 0.717) is 56.7 Å². The molecule has 2 fully saturated rings. The number of aromatic nitrogens is 2. The second kappa shape index (κ2) is 12.8. The standard InChI is InChI=1S/C31H39F3N4O3/c1-2-21-18-35-30(36-19-21)38-13-9-22(10-14-38)20-41-28-8-7-25(17-27(28)31(32,33)34)23-3-5-24(6-4-23)29(40)37-15-11-26(39)12-16-37/h3,7-8,17-19,22,24,26,39H,2,4-6,9-16,20H2,1H3. The van der Waals surface area contributed by atoms with Crippen LogP contribution in [0.3, 0.4) is 0 Å². The maximum atomic E-state index is 14.1. The summed E-state index contributed by atoms with van der Waals surface area (Å²) in [6.07, 6.45) is 6.03. The minimum absolute atomic E-state index is 0.0830. The summed E-state index contributed by atoms with van der Waals surface area (Å²) >= 11 is 0. The molecule has 3 heterocycles. The number of carbonyl (C=O) groups is 1. The lowest BCUT2D eigenvalue weighted by Gasteiger charge is -2.33. The number of nitrogens with zero attached hydrogens (tertiary/aromatic N) is 4. The van der Waals surface area contributed by atoms with Crippen molar-refractivity contribution < 1.29 is 27.8 Å². The van der Waals surface area contributed by atoms with Crippen LogP contribution in [0.15, 0.2) is 36.7 Å². The predicted octanol–water partition coefficient (Wildman–Crippen LogP) is 5.52. The molecule has 2 aliphatic heterocycles. The first-order chi connectivity index (χ1) is 19.7. The molecule has 2 aromatic rings. The maximum Gasteiger partial charge on any atom is 0.419 e. The first-order valence-corrected chi connectivity index (χ1v) is 14.8. The molecule has 10 heteroatoms. The maximum absolute atomic E-state index is 14.1. The van der Waals surface area contributed by atoms with Crippen LogP contribution in [-0.2, 0) is 17.4 Å². The zero-order valence-electron chi connectivity index (χ0n) is 23.6. The molecular weight excluding hydrogens is 533 g/mol. The van der Waals surface area contributed by atoms with Crippen molar-refractivity contribution in [1.82, 2.24) is 14.9 Å². The van der Waals surface area contributed by atoms with E-state index < -0.39 is 11.7 Å². The Morgan fingerprint density at radius 1 is 1.05 bits per heavy atom. The third-order valence-corrected chi connectivity index (χ3v) is 8.66. The van der Waals surface area contributed by atoms with Gasteiger partial charge in [0, 0.05) is 44.5 Å². The van der Waals surface area contributed by atoms with Gasteiger partial charge in [-0.1, -0.05) is 19.1 Å². The number of anilines is 1. The molecule has 2 saturated heterocycles. The van der Waals surface area contributed by atoms with Crippen LogP contribution in [0.25, 0.3) is 5.57 Å². The average Bonchev–Trinajstić information content (AvgIpc) is 3.00. The molecule has 0 bridgehead atoms. The fourth-order valence-corrected chi connectivity index (χ4v) is 5.94. The van der Waals surface area contributed by atoms with Crippen LogP contribution in [0.5, 0.6) is 5.75 Å². The van der Waals surface area contributed by atoms with Gasteiger partial charge in [-0.15, -0.1) is 0 Å². The van der Waals surface area contributed by atoms with Gasteiger partial charge >= 0.3 is 6.18 Å². The summed E-state index contributed by atoms with van der Waals surface area (Å²) in [4.78, 5) is 25.7. The highest BCUT2D eigenvalue weighted by Gasteiger charge is 2.36. The number of allylic oxidation sites excluding steroid dienone is 2. The Kier molecular flexibility index (Phi) is 9.16. The normalized spacial score (nSPS) is 21.1. The van der Waals surface area contributed by atoms with E-state index in [2.05, 4.69) is 21.8 Å². The summed E-state index contributed by atoms with van der Waals surface area (Å²) in [6, 6.07) is 4.33. The number of benzene rings is 1. The van der Waals surface area contributed by atoms with Crippen LogP contribution in [0.1, 0.15) is 68.6 Å². The zero-order valence-corrected chi connectivity index (χ0v) is 23.6. The van der Waals surface area contributed by atoms with E-state index in [9.17, 15) is 23.1 Å². The number of piperidine rings is 2. The third kappa shape index (κ3) is 7.20. The number of alkyl halides is 3. The van der Waals surface area contributed by atoms with E-state index in [1.807, 2.05) is 23.4 Å². The van der Waals surface area contributed by atoms with Crippen molar-refractivity contribution in [3.63, 3.8) is 0 Å². The van der Waals surface area contributed by atoms with Crippen molar-refractivity contribution in [2.45, 2.75) is 70.6 Å². The lowest BCUT2D eigenvalue weighted by atomic mass is 9.85. The fourth-order valence-electron chi connectivity index (χ4n) is 5.94. The molecule has 41 heavy (non-hydrogen) atoms. The van der Waals surface area contributed by atoms with E-state index in [-0.39, 0.29) is 36.2 Å². The third-order valence-electron chi connectivity index (χ3n) is 8.66. The van der Waals surface area contributed by atoms with Gasteiger partial charge in [0.2, 0.25) is 11.9 Å². The number of ether oxygens (including phenoxy) is 1. The molecule has 7 nitrogen and oxygen atoms in total. The topological polar surface area (TPSA) is 78.8 Å². The van der Waals surface area contributed by atoms with Crippen molar-refractivity contribution in [1.29, 1.82) is 0 Å². The Bertz CT molecular complexity index is 1220. The van der Waals surface area contributed by atoms with Gasteiger partial charge in [-0.25, -0.2) is 9.97 Å². The number of hydrogen-bond acceptors (Lipinski definition) is 6. The summed E-state index contributed by atoms with van der Waals surface area (Å²) in [5.41, 5.74) is 1.68. The smallest absolute Gasteiger partial charge is 0.419 e.